The molecule has 0 amide bonds. The van der Waals surface area contributed by atoms with Crippen molar-refractivity contribution in [1.82, 2.24) is 0 Å². The SMILES string of the molecule is CC\C=C/C=C\C=C/C=C\CCCCCC(=O)OCC(COC(=O)CCCCCCC\C=C/C=C\C=C/C=C\C=C/CCC)OC(=O)CCCCCCCCCCCCCCCCCCC. The molecule has 0 aliphatic carbocycles. The lowest BCUT2D eigenvalue weighted by Gasteiger charge is -2.18. The van der Waals surface area contributed by atoms with Gasteiger partial charge in [-0.15, -0.1) is 0 Å². The molecule has 0 spiro atoms. The van der Waals surface area contributed by atoms with Gasteiger partial charge in [0.05, 0.1) is 0 Å². The quantitative estimate of drug-likeness (QED) is 0.0262. The molecular formula is C60H98O6. The molecule has 0 bridgehead atoms. The maximum absolute atomic E-state index is 12.8. The van der Waals surface area contributed by atoms with Gasteiger partial charge in [0.15, 0.2) is 6.10 Å². The maximum Gasteiger partial charge on any atom is 0.306 e. The summed E-state index contributed by atoms with van der Waals surface area (Å²) >= 11 is 0. The van der Waals surface area contributed by atoms with Crippen LogP contribution in [0.3, 0.4) is 0 Å². The van der Waals surface area contributed by atoms with Gasteiger partial charge < -0.3 is 14.2 Å². The van der Waals surface area contributed by atoms with Gasteiger partial charge in [-0.05, 0) is 57.8 Å². The van der Waals surface area contributed by atoms with Crippen molar-refractivity contribution in [2.45, 2.75) is 239 Å². The average molecular weight is 915 g/mol. The van der Waals surface area contributed by atoms with Gasteiger partial charge in [0.2, 0.25) is 0 Å². The van der Waals surface area contributed by atoms with Crippen molar-refractivity contribution in [1.29, 1.82) is 0 Å². The van der Waals surface area contributed by atoms with Gasteiger partial charge >= 0.3 is 17.9 Å². The molecule has 0 aromatic rings. The number of allylic oxidation sites excluding steroid dienone is 18. The van der Waals surface area contributed by atoms with Crippen LogP contribution in [0, 0.1) is 0 Å². The Labute approximate surface area is 406 Å². The van der Waals surface area contributed by atoms with Crippen molar-refractivity contribution in [2.75, 3.05) is 13.2 Å². The molecule has 6 nitrogen and oxygen atoms in total. The topological polar surface area (TPSA) is 78.9 Å². The van der Waals surface area contributed by atoms with Gasteiger partial charge in [-0.2, -0.15) is 0 Å². The monoisotopic (exact) mass is 915 g/mol. The number of rotatable bonds is 47. The van der Waals surface area contributed by atoms with Crippen LogP contribution in [-0.2, 0) is 28.6 Å². The summed E-state index contributed by atoms with van der Waals surface area (Å²) in [5.74, 6) is -0.966. The summed E-state index contributed by atoms with van der Waals surface area (Å²) in [6, 6.07) is 0. The molecule has 1 atom stereocenters. The zero-order valence-electron chi connectivity index (χ0n) is 42.7. The first-order valence-corrected chi connectivity index (χ1v) is 27.0. The van der Waals surface area contributed by atoms with Gasteiger partial charge in [0, 0.05) is 19.3 Å². The normalized spacial score (nSPS) is 13.0. The molecular weight excluding hydrogens is 817 g/mol. The van der Waals surface area contributed by atoms with Gasteiger partial charge in [0.1, 0.15) is 13.2 Å². The van der Waals surface area contributed by atoms with E-state index in [1.54, 1.807) is 0 Å². The predicted molar refractivity (Wildman–Crippen MR) is 283 cm³/mol. The van der Waals surface area contributed by atoms with Crippen molar-refractivity contribution < 1.29 is 28.6 Å². The Hall–Kier alpha value is -3.93. The average Bonchev–Trinajstić information content (AvgIpc) is 3.31. The fourth-order valence-corrected chi connectivity index (χ4v) is 7.19. The number of carbonyl (C=O) groups is 3. The van der Waals surface area contributed by atoms with Crippen molar-refractivity contribution in [3.63, 3.8) is 0 Å². The zero-order valence-corrected chi connectivity index (χ0v) is 42.7. The Morgan fingerprint density at radius 2 is 0.621 bits per heavy atom. The van der Waals surface area contributed by atoms with Gasteiger partial charge in [-0.3, -0.25) is 14.4 Å². The molecule has 0 rings (SSSR count). The summed E-state index contributed by atoms with van der Waals surface area (Å²) in [6.45, 7) is 6.36. The molecule has 0 radical (unpaired) electrons. The van der Waals surface area contributed by atoms with Crippen LogP contribution in [-0.4, -0.2) is 37.2 Å². The Morgan fingerprint density at radius 1 is 0.318 bits per heavy atom. The standard InChI is InChI=1S/C60H98O6/c1-4-7-10-13-16-19-22-25-27-29-31-32-35-38-41-44-47-50-53-59(62)65-56-57(55-64-58(61)52-49-46-43-40-37-34-24-21-18-15-12-9-6-3)66-60(63)54-51-48-45-42-39-36-33-30-28-26-23-20-17-14-11-8-5-2/h9-10,12-13,15-16,18-19,21-22,24-25,27,29,31-32,34,37,57H,4-8,11,14,17,20,23,26,28,30,33,35-36,38-56H2,1-3H3/b12-9-,13-10-,18-15-,19-16-,24-21-,25-22-,29-27-,32-31-,37-34-. The lowest BCUT2D eigenvalue weighted by molar-refractivity contribution is -0.167. The number of hydrogen-bond acceptors (Lipinski definition) is 6. The molecule has 0 N–H and O–H groups in total. The molecule has 0 aromatic carbocycles. The van der Waals surface area contributed by atoms with E-state index in [0.717, 1.165) is 96.3 Å². The minimum atomic E-state index is -0.805. The molecule has 6 heteroatoms. The minimum absolute atomic E-state index is 0.105. The molecule has 0 fully saturated rings. The number of ether oxygens (including phenoxy) is 3. The van der Waals surface area contributed by atoms with Crippen LogP contribution < -0.4 is 0 Å². The fourth-order valence-electron chi connectivity index (χ4n) is 7.19. The third kappa shape index (κ3) is 51.1. The molecule has 0 heterocycles. The van der Waals surface area contributed by atoms with E-state index in [1.807, 2.05) is 60.8 Å². The van der Waals surface area contributed by atoms with Gasteiger partial charge in [-0.25, -0.2) is 0 Å². The van der Waals surface area contributed by atoms with E-state index >= 15 is 0 Å². The van der Waals surface area contributed by atoms with Crippen LogP contribution in [0.4, 0.5) is 0 Å². The lowest BCUT2D eigenvalue weighted by atomic mass is 10.0. The Kier molecular flexibility index (Phi) is 50.5. The van der Waals surface area contributed by atoms with Crippen LogP contribution in [0.15, 0.2) is 109 Å². The summed E-state index contributed by atoms with van der Waals surface area (Å²) < 4.78 is 16.8. The summed E-state index contributed by atoms with van der Waals surface area (Å²) in [7, 11) is 0. The molecule has 66 heavy (non-hydrogen) atoms. The minimum Gasteiger partial charge on any atom is -0.462 e. The molecule has 0 saturated heterocycles. The number of hydrogen-bond donors (Lipinski definition) is 0. The van der Waals surface area contributed by atoms with E-state index in [0.29, 0.717) is 19.3 Å². The van der Waals surface area contributed by atoms with Crippen molar-refractivity contribution in [2.24, 2.45) is 0 Å². The van der Waals surface area contributed by atoms with Crippen LogP contribution >= 0.6 is 0 Å². The van der Waals surface area contributed by atoms with Crippen LogP contribution in [0.5, 0.6) is 0 Å². The van der Waals surface area contributed by atoms with Crippen molar-refractivity contribution >= 4 is 17.9 Å². The molecule has 0 saturated carbocycles. The first-order chi connectivity index (χ1) is 32.5. The smallest absolute Gasteiger partial charge is 0.306 e. The van der Waals surface area contributed by atoms with E-state index in [4.69, 9.17) is 14.2 Å². The van der Waals surface area contributed by atoms with Crippen molar-refractivity contribution in [3.8, 4) is 0 Å². The second-order valence-corrected chi connectivity index (χ2v) is 17.6. The van der Waals surface area contributed by atoms with Gasteiger partial charge in [-0.1, -0.05) is 265 Å². The largest absolute Gasteiger partial charge is 0.462 e. The van der Waals surface area contributed by atoms with Crippen LogP contribution in [0.1, 0.15) is 233 Å². The van der Waals surface area contributed by atoms with Crippen LogP contribution in [0.25, 0.3) is 0 Å². The lowest BCUT2D eigenvalue weighted by Crippen LogP contribution is -2.30. The highest BCUT2D eigenvalue weighted by molar-refractivity contribution is 5.71. The van der Waals surface area contributed by atoms with Gasteiger partial charge in [0.25, 0.3) is 0 Å². The fraction of sp³-hybridized carbons (Fsp3) is 0.650. The highest BCUT2D eigenvalue weighted by Gasteiger charge is 2.19. The second-order valence-electron chi connectivity index (χ2n) is 17.6. The summed E-state index contributed by atoms with van der Waals surface area (Å²) in [6.07, 6.45) is 72.1. The molecule has 1 unspecified atom stereocenters. The third-order valence-electron chi connectivity index (χ3n) is 11.2. The first-order valence-electron chi connectivity index (χ1n) is 27.0. The van der Waals surface area contributed by atoms with Crippen LogP contribution in [0.2, 0.25) is 0 Å². The first kappa shape index (κ1) is 62.1. The highest BCUT2D eigenvalue weighted by Crippen LogP contribution is 2.15. The maximum atomic E-state index is 12.8. The predicted octanol–water partition coefficient (Wildman–Crippen LogP) is 17.9. The third-order valence-corrected chi connectivity index (χ3v) is 11.2. The molecule has 374 valence electrons. The van der Waals surface area contributed by atoms with E-state index in [9.17, 15) is 14.4 Å². The Bertz CT molecular complexity index is 1370. The van der Waals surface area contributed by atoms with E-state index in [-0.39, 0.29) is 31.1 Å². The number of unbranched alkanes of at least 4 members (excludes halogenated alkanes) is 25. The number of esters is 3. The van der Waals surface area contributed by atoms with E-state index < -0.39 is 6.10 Å². The molecule has 0 aromatic heterocycles. The summed E-state index contributed by atoms with van der Waals surface area (Å²) in [5.41, 5.74) is 0. The number of carbonyl (C=O) groups excluding carboxylic acids is 3. The van der Waals surface area contributed by atoms with E-state index in [2.05, 4.69) is 69.4 Å². The van der Waals surface area contributed by atoms with Crippen molar-refractivity contribution in [3.05, 3.63) is 109 Å². The summed E-state index contributed by atoms with van der Waals surface area (Å²) in [4.78, 5) is 38.1. The summed E-state index contributed by atoms with van der Waals surface area (Å²) in [5, 5.41) is 0. The second kappa shape index (κ2) is 53.7. The highest BCUT2D eigenvalue weighted by atomic mass is 16.6. The zero-order chi connectivity index (χ0) is 47.9. The molecule has 0 aliphatic heterocycles. The van der Waals surface area contributed by atoms with E-state index in [1.165, 1.54) is 96.3 Å². The Balaban J connectivity index is 4.48. The Morgan fingerprint density at radius 3 is 1.00 bits per heavy atom. The molecule has 0 aliphatic rings.